The van der Waals surface area contributed by atoms with Gasteiger partial charge in [-0.25, -0.2) is 0 Å². The highest BCUT2D eigenvalue weighted by atomic mass is 16.5. The van der Waals surface area contributed by atoms with Crippen LogP contribution in [-0.4, -0.2) is 37.7 Å². The monoisotopic (exact) mass is 210 g/mol. The second kappa shape index (κ2) is 6.44. The smallest absolute Gasteiger partial charge is 0.251 e. The number of amides is 1. The van der Waals surface area contributed by atoms with Gasteiger partial charge < -0.3 is 15.4 Å². The van der Waals surface area contributed by atoms with Gasteiger partial charge in [0.15, 0.2) is 0 Å². The molecule has 84 valence electrons. The lowest BCUT2D eigenvalue weighted by atomic mass is 10.1. The highest BCUT2D eigenvalue weighted by molar-refractivity contribution is 5.81. The maximum atomic E-state index is 11.7. The molecule has 2 N–H and O–H groups in total. The summed E-state index contributed by atoms with van der Waals surface area (Å²) in [4.78, 5) is 11.7. The van der Waals surface area contributed by atoms with Crippen LogP contribution in [0.25, 0.3) is 0 Å². The van der Waals surface area contributed by atoms with Crippen LogP contribution in [-0.2, 0) is 9.53 Å². The van der Waals surface area contributed by atoms with Crippen molar-refractivity contribution in [3.8, 4) is 12.3 Å². The minimum absolute atomic E-state index is 0.112. The number of carbonyl (C=O) groups is 1. The van der Waals surface area contributed by atoms with Crippen LogP contribution in [0.15, 0.2) is 0 Å². The Hall–Kier alpha value is -1.05. The van der Waals surface area contributed by atoms with Crippen LogP contribution in [0, 0.1) is 12.3 Å². The molecule has 0 aromatic carbocycles. The van der Waals surface area contributed by atoms with E-state index in [9.17, 15) is 4.79 Å². The predicted octanol–water partition coefficient (Wildman–Crippen LogP) is -0.107. The number of terminal acetylenes is 1. The third-order valence-electron chi connectivity index (χ3n) is 2.32. The summed E-state index contributed by atoms with van der Waals surface area (Å²) in [6.07, 6.45) is 6.68. The molecule has 4 heteroatoms. The molecule has 1 heterocycles. The first-order valence-corrected chi connectivity index (χ1v) is 5.36. The predicted molar refractivity (Wildman–Crippen MR) is 58.3 cm³/mol. The maximum Gasteiger partial charge on any atom is 0.251 e. The number of hydrogen-bond donors (Lipinski definition) is 2. The van der Waals surface area contributed by atoms with E-state index in [0.717, 1.165) is 19.4 Å². The Morgan fingerprint density at radius 2 is 2.60 bits per heavy atom. The van der Waals surface area contributed by atoms with Crippen molar-refractivity contribution in [1.82, 2.24) is 10.6 Å². The molecule has 1 amide bonds. The molecule has 0 aromatic heterocycles. The van der Waals surface area contributed by atoms with Crippen molar-refractivity contribution in [3.05, 3.63) is 0 Å². The van der Waals surface area contributed by atoms with E-state index in [0.29, 0.717) is 13.2 Å². The van der Waals surface area contributed by atoms with Gasteiger partial charge in [-0.05, 0) is 6.42 Å². The molecule has 0 spiro atoms. The van der Waals surface area contributed by atoms with Crippen molar-refractivity contribution in [2.45, 2.75) is 31.9 Å². The molecule has 1 saturated heterocycles. The lowest BCUT2D eigenvalue weighted by Gasteiger charge is -2.24. The third-order valence-corrected chi connectivity index (χ3v) is 2.32. The van der Waals surface area contributed by atoms with Gasteiger partial charge in [0.2, 0.25) is 0 Å². The maximum absolute atomic E-state index is 11.7. The Labute approximate surface area is 90.8 Å². The van der Waals surface area contributed by atoms with Crippen LogP contribution in [0.4, 0.5) is 0 Å². The van der Waals surface area contributed by atoms with Crippen molar-refractivity contribution in [1.29, 1.82) is 0 Å². The number of nitrogens with one attached hydrogen (secondary N) is 2. The lowest BCUT2D eigenvalue weighted by molar-refractivity contribution is -0.134. The summed E-state index contributed by atoms with van der Waals surface area (Å²) in [6, 6.07) is -0.173. The summed E-state index contributed by atoms with van der Waals surface area (Å²) in [6.45, 7) is 3.98. The summed E-state index contributed by atoms with van der Waals surface area (Å²) in [5, 5.41) is 5.90. The summed E-state index contributed by atoms with van der Waals surface area (Å²) in [5.41, 5.74) is 0. The van der Waals surface area contributed by atoms with Gasteiger partial charge in [-0.1, -0.05) is 19.3 Å². The topological polar surface area (TPSA) is 50.4 Å². The molecule has 0 aromatic rings. The molecule has 0 aliphatic carbocycles. The van der Waals surface area contributed by atoms with Crippen molar-refractivity contribution >= 4 is 5.91 Å². The van der Waals surface area contributed by atoms with Gasteiger partial charge in [-0.15, -0.1) is 6.42 Å². The van der Waals surface area contributed by atoms with Crippen molar-refractivity contribution in [2.24, 2.45) is 0 Å². The number of hydrogen-bond acceptors (Lipinski definition) is 3. The van der Waals surface area contributed by atoms with Gasteiger partial charge in [0.25, 0.3) is 5.91 Å². The second-order valence-electron chi connectivity index (χ2n) is 3.58. The first-order chi connectivity index (χ1) is 7.27. The largest absolute Gasteiger partial charge is 0.366 e. The van der Waals surface area contributed by atoms with E-state index in [4.69, 9.17) is 11.2 Å². The van der Waals surface area contributed by atoms with E-state index in [2.05, 4.69) is 16.6 Å². The summed E-state index contributed by atoms with van der Waals surface area (Å²) in [5.74, 6) is 2.45. The first-order valence-electron chi connectivity index (χ1n) is 5.36. The fourth-order valence-corrected chi connectivity index (χ4v) is 1.48. The molecular formula is C11H18N2O2. The van der Waals surface area contributed by atoms with Crippen LogP contribution in [0.5, 0.6) is 0 Å². The average Bonchev–Trinajstić information content (AvgIpc) is 2.29. The van der Waals surface area contributed by atoms with Crippen LogP contribution in [0.1, 0.15) is 19.8 Å². The van der Waals surface area contributed by atoms with E-state index in [1.54, 1.807) is 0 Å². The highest BCUT2D eigenvalue weighted by Gasteiger charge is 2.22. The standard InChI is InChI=1S/C11H18N2O2/c1-3-5-9(4-2)13-11(14)10-8-12-6-7-15-10/h2,9-10,12H,3,5-8H2,1H3,(H,13,14). The molecule has 1 aliphatic rings. The third kappa shape index (κ3) is 3.90. The molecular weight excluding hydrogens is 192 g/mol. The van der Waals surface area contributed by atoms with E-state index >= 15 is 0 Å². The number of rotatable bonds is 4. The molecule has 0 bridgehead atoms. The Kier molecular flexibility index (Phi) is 5.16. The van der Waals surface area contributed by atoms with Crippen LogP contribution in [0.3, 0.4) is 0 Å². The molecule has 15 heavy (non-hydrogen) atoms. The van der Waals surface area contributed by atoms with E-state index < -0.39 is 6.10 Å². The minimum atomic E-state index is -0.397. The minimum Gasteiger partial charge on any atom is -0.366 e. The highest BCUT2D eigenvalue weighted by Crippen LogP contribution is 1.99. The zero-order chi connectivity index (χ0) is 11.1. The molecule has 1 rings (SSSR count). The number of morpholine rings is 1. The lowest BCUT2D eigenvalue weighted by Crippen LogP contribution is -2.50. The van der Waals surface area contributed by atoms with Crippen molar-refractivity contribution in [3.63, 3.8) is 0 Å². The van der Waals surface area contributed by atoms with E-state index in [1.807, 2.05) is 6.92 Å². The first kappa shape index (κ1) is 12.0. The van der Waals surface area contributed by atoms with Gasteiger partial charge in [0.05, 0.1) is 12.6 Å². The SMILES string of the molecule is C#CC(CCC)NC(=O)C1CNCCO1. The van der Waals surface area contributed by atoms with Crippen LogP contribution >= 0.6 is 0 Å². The second-order valence-corrected chi connectivity index (χ2v) is 3.58. The molecule has 1 fully saturated rings. The van der Waals surface area contributed by atoms with Gasteiger partial charge in [0, 0.05) is 13.1 Å². The number of carbonyl (C=O) groups excluding carboxylic acids is 1. The zero-order valence-electron chi connectivity index (χ0n) is 9.08. The Morgan fingerprint density at radius 3 is 3.13 bits per heavy atom. The summed E-state index contributed by atoms with van der Waals surface area (Å²) >= 11 is 0. The molecule has 1 aliphatic heterocycles. The Morgan fingerprint density at radius 1 is 1.80 bits per heavy atom. The normalized spacial score (nSPS) is 22.8. The molecule has 2 atom stereocenters. The van der Waals surface area contributed by atoms with E-state index in [-0.39, 0.29) is 11.9 Å². The quantitative estimate of drug-likeness (QED) is 0.637. The van der Waals surface area contributed by atoms with Crippen LogP contribution in [0.2, 0.25) is 0 Å². The fraction of sp³-hybridized carbons (Fsp3) is 0.727. The number of ether oxygens (including phenoxy) is 1. The van der Waals surface area contributed by atoms with Gasteiger partial charge >= 0.3 is 0 Å². The zero-order valence-corrected chi connectivity index (χ0v) is 9.08. The Balaban J connectivity index is 2.36. The van der Waals surface area contributed by atoms with Gasteiger partial charge in [-0.2, -0.15) is 0 Å². The summed E-state index contributed by atoms with van der Waals surface area (Å²) in [7, 11) is 0. The Bertz CT molecular complexity index is 241. The van der Waals surface area contributed by atoms with Gasteiger partial charge in [-0.3, -0.25) is 4.79 Å². The average molecular weight is 210 g/mol. The molecule has 0 radical (unpaired) electrons. The van der Waals surface area contributed by atoms with Crippen molar-refractivity contribution < 1.29 is 9.53 Å². The molecule has 4 nitrogen and oxygen atoms in total. The van der Waals surface area contributed by atoms with Gasteiger partial charge in [0.1, 0.15) is 6.10 Å². The van der Waals surface area contributed by atoms with E-state index in [1.165, 1.54) is 0 Å². The fourth-order valence-electron chi connectivity index (χ4n) is 1.48. The summed E-state index contributed by atoms with van der Waals surface area (Å²) < 4.78 is 5.32. The molecule has 2 unspecified atom stereocenters. The van der Waals surface area contributed by atoms with Crippen LogP contribution < -0.4 is 10.6 Å². The molecule has 0 saturated carbocycles. The van der Waals surface area contributed by atoms with Crippen molar-refractivity contribution in [2.75, 3.05) is 19.7 Å².